The van der Waals surface area contributed by atoms with Crippen LogP contribution in [0.2, 0.25) is 0 Å². The van der Waals surface area contributed by atoms with Crippen molar-refractivity contribution in [3.63, 3.8) is 0 Å². The molecular weight excluding hydrogens is 448 g/mol. The Morgan fingerprint density at radius 3 is 2.22 bits per heavy atom. The maximum absolute atomic E-state index is 13.3. The molecular formula is C30H28N4O2. The topological polar surface area (TPSA) is 64.8 Å². The number of aromatic amines is 1. The Bertz CT molecular complexity index is 1630. The maximum Gasteiger partial charge on any atom is 0.279 e. The van der Waals surface area contributed by atoms with Crippen LogP contribution < -0.4 is 20.9 Å². The van der Waals surface area contributed by atoms with Crippen LogP contribution in [-0.4, -0.2) is 26.2 Å². The highest BCUT2D eigenvalue weighted by Gasteiger charge is 2.13. The Morgan fingerprint density at radius 2 is 1.58 bits per heavy atom. The Hall–Kier alpha value is -4.58. The number of H-pyrrole nitrogens is 1. The van der Waals surface area contributed by atoms with E-state index in [-0.39, 0.29) is 5.56 Å². The lowest BCUT2D eigenvalue weighted by Crippen LogP contribution is -2.33. The van der Waals surface area contributed by atoms with Crippen LogP contribution in [0.5, 0.6) is 5.75 Å². The molecule has 0 spiro atoms. The van der Waals surface area contributed by atoms with E-state index >= 15 is 0 Å². The highest BCUT2D eigenvalue weighted by molar-refractivity contribution is 5.72. The third-order valence-electron chi connectivity index (χ3n) is 5.79. The molecule has 2 heterocycles. The predicted molar refractivity (Wildman–Crippen MR) is 144 cm³/mol. The normalized spacial score (nSPS) is 11.8. The molecule has 6 heteroatoms. The number of hydrogen-bond acceptors (Lipinski definition) is 3. The van der Waals surface area contributed by atoms with Gasteiger partial charge in [-0.3, -0.25) is 9.89 Å². The van der Waals surface area contributed by atoms with Crippen molar-refractivity contribution in [1.29, 1.82) is 0 Å². The fourth-order valence-corrected chi connectivity index (χ4v) is 3.96. The van der Waals surface area contributed by atoms with Crippen LogP contribution in [0.15, 0.2) is 95.9 Å². The van der Waals surface area contributed by atoms with Crippen molar-refractivity contribution < 1.29 is 4.74 Å². The van der Waals surface area contributed by atoms with E-state index in [1.165, 1.54) is 4.68 Å². The SMILES string of the molecule is C=c1[nH]n(-c2ccccc2)c(=O)/c1=C/c1cn(-c2ccccc2)nc1-c1ccc(OCC(C)C)cc1. The fourth-order valence-electron chi connectivity index (χ4n) is 3.96. The van der Waals surface area contributed by atoms with Crippen molar-refractivity contribution in [3.8, 4) is 28.4 Å². The number of aromatic nitrogens is 4. The van der Waals surface area contributed by atoms with Crippen molar-refractivity contribution >= 4 is 12.7 Å². The molecule has 3 aromatic carbocycles. The molecule has 0 atom stereocenters. The molecule has 0 aliphatic carbocycles. The molecule has 5 rings (SSSR count). The summed E-state index contributed by atoms with van der Waals surface area (Å²) < 4.78 is 9.18. The van der Waals surface area contributed by atoms with E-state index in [0.717, 1.165) is 33.9 Å². The zero-order valence-electron chi connectivity index (χ0n) is 20.4. The molecule has 36 heavy (non-hydrogen) atoms. The molecule has 0 bridgehead atoms. The average molecular weight is 477 g/mol. The van der Waals surface area contributed by atoms with Crippen LogP contribution in [-0.2, 0) is 0 Å². The van der Waals surface area contributed by atoms with Crippen LogP contribution in [0.3, 0.4) is 0 Å². The summed E-state index contributed by atoms with van der Waals surface area (Å²) in [6.07, 6.45) is 3.79. The maximum atomic E-state index is 13.3. The summed E-state index contributed by atoms with van der Waals surface area (Å²) >= 11 is 0. The highest BCUT2D eigenvalue weighted by Crippen LogP contribution is 2.26. The Morgan fingerprint density at radius 1 is 0.944 bits per heavy atom. The monoisotopic (exact) mass is 476 g/mol. The zero-order valence-corrected chi connectivity index (χ0v) is 20.4. The van der Waals surface area contributed by atoms with Gasteiger partial charge in [0.15, 0.2) is 0 Å². The lowest BCUT2D eigenvalue weighted by atomic mass is 10.1. The quantitative estimate of drug-likeness (QED) is 0.381. The molecule has 0 aliphatic rings. The summed E-state index contributed by atoms with van der Waals surface area (Å²) in [5.74, 6) is 1.27. The number of ether oxygens (including phenoxy) is 1. The van der Waals surface area contributed by atoms with Crippen molar-refractivity contribution in [1.82, 2.24) is 19.6 Å². The molecule has 0 amide bonds. The number of rotatable bonds is 7. The lowest BCUT2D eigenvalue weighted by molar-refractivity contribution is 0.271. The third-order valence-corrected chi connectivity index (χ3v) is 5.79. The van der Waals surface area contributed by atoms with Crippen molar-refractivity contribution in [3.05, 3.63) is 118 Å². The summed E-state index contributed by atoms with van der Waals surface area (Å²) in [5.41, 5.74) is 4.03. The molecule has 0 radical (unpaired) electrons. The third kappa shape index (κ3) is 4.79. The lowest BCUT2D eigenvalue weighted by Gasteiger charge is -2.09. The fraction of sp³-hybridized carbons (Fsp3) is 0.133. The smallest absolute Gasteiger partial charge is 0.279 e. The first-order valence-electron chi connectivity index (χ1n) is 11.9. The molecule has 0 saturated heterocycles. The molecule has 0 aliphatic heterocycles. The van der Waals surface area contributed by atoms with Gasteiger partial charge < -0.3 is 4.74 Å². The average Bonchev–Trinajstić information content (AvgIpc) is 3.45. The number of nitrogens with zero attached hydrogens (tertiary/aromatic N) is 3. The largest absolute Gasteiger partial charge is 0.493 e. The van der Waals surface area contributed by atoms with Gasteiger partial charge in [-0.2, -0.15) is 5.10 Å². The first kappa shape index (κ1) is 23.2. The van der Waals surface area contributed by atoms with Gasteiger partial charge in [0, 0.05) is 17.3 Å². The number of nitrogens with one attached hydrogen (secondary N) is 1. The first-order valence-corrected chi connectivity index (χ1v) is 11.9. The second kappa shape index (κ2) is 9.96. The summed E-state index contributed by atoms with van der Waals surface area (Å²) in [6.45, 7) is 8.99. The molecule has 0 unspecified atom stereocenters. The van der Waals surface area contributed by atoms with Gasteiger partial charge in [0.25, 0.3) is 5.56 Å². The van der Waals surface area contributed by atoms with E-state index < -0.39 is 0 Å². The first-order chi connectivity index (χ1) is 17.5. The second-order valence-corrected chi connectivity index (χ2v) is 9.07. The van der Waals surface area contributed by atoms with Crippen molar-refractivity contribution in [2.45, 2.75) is 13.8 Å². The molecule has 6 nitrogen and oxygen atoms in total. The van der Waals surface area contributed by atoms with E-state index in [1.807, 2.05) is 102 Å². The van der Waals surface area contributed by atoms with Crippen LogP contribution in [0, 0.1) is 5.92 Å². The standard InChI is InChI=1S/C30H28N4O2/c1-21(2)20-36-27-16-14-23(15-17-27)29-24(19-33(32-29)25-10-6-4-7-11-25)18-28-22(3)31-34(30(28)35)26-12-8-5-9-13-26/h4-19,21,31H,3,20H2,1-2H3/b28-18+. The summed E-state index contributed by atoms with van der Waals surface area (Å²) in [7, 11) is 0. The number of hydrogen-bond donors (Lipinski definition) is 1. The molecule has 1 N–H and O–H groups in total. The summed E-state index contributed by atoms with van der Waals surface area (Å²) in [6, 6.07) is 27.3. The molecule has 5 aromatic rings. The molecule has 0 saturated carbocycles. The minimum atomic E-state index is -0.165. The highest BCUT2D eigenvalue weighted by atomic mass is 16.5. The van der Waals surface area contributed by atoms with Gasteiger partial charge in [-0.05, 0) is 60.5 Å². The van der Waals surface area contributed by atoms with Gasteiger partial charge in [0.1, 0.15) is 5.75 Å². The Kier molecular flexibility index (Phi) is 6.41. The van der Waals surface area contributed by atoms with Crippen molar-refractivity contribution in [2.24, 2.45) is 5.92 Å². The number of benzene rings is 3. The van der Waals surface area contributed by atoms with E-state index in [4.69, 9.17) is 9.84 Å². The molecule has 0 fully saturated rings. The van der Waals surface area contributed by atoms with Crippen LogP contribution >= 0.6 is 0 Å². The van der Waals surface area contributed by atoms with Gasteiger partial charge in [0.05, 0.1) is 34.2 Å². The van der Waals surface area contributed by atoms with Gasteiger partial charge >= 0.3 is 0 Å². The van der Waals surface area contributed by atoms with Gasteiger partial charge in [0.2, 0.25) is 0 Å². The van der Waals surface area contributed by atoms with Crippen LogP contribution in [0.4, 0.5) is 0 Å². The van der Waals surface area contributed by atoms with Gasteiger partial charge in [-0.25, -0.2) is 9.36 Å². The predicted octanol–water partition coefficient (Wildman–Crippen LogP) is 4.29. The minimum Gasteiger partial charge on any atom is -0.493 e. The molecule has 2 aromatic heterocycles. The zero-order chi connectivity index (χ0) is 25.1. The summed E-state index contributed by atoms with van der Waals surface area (Å²) in [5, 5.41) is 9.01. The van der Waals surface area contributed by atoms with Gasteiger partial charge in [-0.1, -0.05) is 56.8 Å². The van der Waals surface area contributed by atoms with Crippen LogP contribution in [0.25, 0.3) is 35.3 Å². The van der Waals surface area contributed by atoms with Gasteiger partial charge in [-0.15, -0.1) is 0 Å². The molecule has 180 valence electrons. The summed E-state index contributed by atoms with van der Waals surface area (Å²) in [4.78, 5) is 13.3. The number of para-hydroxylation sites is 2. The van der Waals surface area contributed by atoms with Crippen LogP contribution in [0.1, 0.15) is 19.4 Å². The Balaban J connectivity index is 1.62. The van der Waals surface area contributed by atoms with E-state index in [9.17, 15) is 4.79 Å². The second-order valence-electron chi connectivity index (χ2n) is 9.07. The minimum absolute atomic E-state index is 0.165. The van der Waals surface area contributed by atoms with E-state index in [0.29, 0.717) is 23.1 Å². The van der Waals surface area contributed by atoms with Crippen molar-refractivity contribution in [2.75, 3.05) is 6.61 Å². The van der Waals surface area contributed by atoms with E-state index in [2.05, 4.69) is 25.5 Å². The Labute approximate surface area is 209 Å². The van der Waals surface area contributed by atoms with E-state index in [1.54, 1.807) is 0 Å².